The van der Waals surface area contributed by atoms with Gasteiger partial charge < -0.3 is 10.4 Å². The van der Waals surface area contributed by atoms with Crippen molar-refractivity contribution in [2.75, 3.05) is 26.2 Å². The fraction of sp³-hybridized carbons (Fsp3) is 0.647. The summed E-state index contributed by atoms with van der Waals surface area (Å²) in [4.78, 5) is 2.58. The van der Waals surface area contributed by atoms with Gasteiger partial charge in [-0.15, -0.1) is 24.8 Å². The molecule has 1 aromatic carbocycles. The summed E-state index contributed by atoms with van der Waals surface area (Å²) in [7, 11) is 0. The molecule has 2 N–H and O–H groups in total. The first kappa shape index (κ1) is 19.6. The summed E-state index contributed by atoms with van der Waals surface area (Å²) in [6.45, 7) is 6.35. The lowest BCUT2D eigenvalue weighted by molar-refractivity contribution is 0.123. The monoisotopic (exact) mass is 346 g/mol. The van der Waals surface area contributed by atoms with Gasteiger partial charge in [-0.25, -0.2) is 0 Å². The summed E-state index contributed by atoms with van der Waals surface area (Å²) in [5.74, 6) is 1.20. The third-order valence-corrected chi connectivity index (χ3v) is 4.90. The molecular weight excluding hydrogens is 319 g/mol. The number of aromatic hydroxyl groups is 1. The maximum atomic E-state index is 10.4. The van der Waals surface area contributed by atoms with Crippen LogP contribution in [0.1, 0.15) is 42.9 Å². The third kappa shape index (κ3) is 4.29. The molecule has 0 radical (unpaired) electrons. The van der Waals surface area contributed by atoms with Gasteiger partial charge in [0.1, 0.15) is 5.75 Å². The van der Waals surface area contributed by atoms with Gasteiger partial charge in [-0.2, -0.15) is 0 Å². The van der Waals surface area contributed by atoms with Crippen molar-refractivity contribution >= 4 is 24.8 Å². The lowest BCUT2D eigenvalue weighted by Gasteiger charge is -2.39. The third-order valence-electron chi connectivity index (χ3n) is 4.90. The van der Waals surface area contributed by atoms with Gasteiger partial charge >= 0.3 is 0 Å². The first-order valence-corrected chi connectivity index (χ1v) is 8.00. The van der Waals surface area contributed by atoms with Gasteiger partial charge in [-0.1, -0.05) is 25.0 Å². The molecule has 0 unspecified atom stereocenters. The molecule has 0 spiro atoms. The number of nitrogens with zero attached hydrogens (tertiary/aromatic N) is 1. The van der Waals surface area contributed by atoms with Crippen LogP contribution in [-0.4, -0.2) is 36.2 Å². The number of hydrogen-bond donors (Lipinski definition) is 2. The summed E-state index contributed by atoms with van der Waals surface area (Å²) < 4.78 is 0. The van der Waals surface area contributed by atoms with Crippen LogP contribution in [0.3, 0.4) is 0 Å². The average molecular weight is 347 g/mol. The number of halogens is 2. The van der Waals surface area contributed by atoms with Crippen LogP contribution in [0.4, 0.5) is 0 Å². The summed E-state index contributed by atoms with van der Waals surface area (Å²) in [5.41, 5.74) is 2.28. The molecule has 1 heterocycles. The highest BCUT2D eigenvalue weighted by Crippen LogP contribution is 2.42. The molecule has 0 aromatic heterocycles. The zero-order valence-corrected chi connectivity index (χ0v) is 14.9. The van der Waals surface area contributed by atoms with Crippen LogP contribution >= 0.6 is 24.8 Å². The van der Waals surface area contributed by atoms with E-state index in [1.165, 1.54) is 25.7 Å². The number of hydrogen-bond acceptors (Lipinski definition) is 3. The van der Waals surface area contributed by atoms with E-state index in [-0.39, 0.29) is 24.8 Å². The van der Waals surface area contributed by atoms with Gasteiger partial charge in [-0.05, 0) is 37.3 Å². The number of piperazine rings is 1. The van der Waals surface area contributed by atoms with Gasteiger partial charge in [0.25, 0.3) is 0 Å². The van der Waals surface area contributed by atoms with E-state index in [0.717, 1.165) is 37.3 Å². The average Bonchev–Trinajstić information content (AvgIpc) is 2.97. The van der Waals surface area contributed by atoms with Crippen molar-refractivity contribution in [1.29, 1.82) is 0 Å². The van der Waals surface area contributed by atoms with Crippen LogP contribution in [0, 0.1) is 12.8 Å². The fourth-order valence-corrected chi connectivity index (χ4v) is 3.89. The van der Waals surface area contributed by atoms with Crippen molar-refractivity contribution in [3.63, 3.8) is 0 Å². The van der Waals surface area contributed by atoms with Crippen molar-refractivity contribution in [2.45, 2.75) is 38.6 Å². The Hall–Kier alpha value is -0.480. The molecule has 2 fully saturated rings. The van der Waals surface area contributed by atoms with Crippen LogP contribution in [0.25, 0.3) is 0 Å². The summed E-state index contributed by atoms with van der Waals surface area (Å²) in [6.07, 6.45) is 5.31. The zero-order chi connectivity index (χ0) is 13.9. The van der Waals surface area contributed by atoms with E-state index in [2.05, 4.69) is 22.3 Å². The van der Waals surface area contributed by atoms with Gasteiger partial charge in [0.05, 0.1) is 0 Å². The quantitative estimate of drug-likeness (QED) is 0.876. The van der Waals surface area contributed by atoms with Crippen LogP contribution in [0.15, 0.2) is 18.2 Å². The molecule has 1 aliphatic heterocycles. The Bertz CT molecular complexity index is 458. The number of nitrogens with one attached hydrogen (secondary N) is 1. The van der Waals surface area contributed by atoms with Crippen LogP contribution < -0.4 is 5.32 Å². The highest BCUT2D eigenvalue weighted by molar-refractivity contribution is 5.85. The summed E-state index contributed by atoms with van der Waals surface area (Å²) in [5, 5.41) is 13.8. The minimum absolute atomic E-state index is 0. The fourth-order valence-electron chi connectivity index (χ4n) is 3.89. The lowest BCUT2D eigenvalue weighted by atomic mass is 9.88. The van der Waals surface area contributed by atoms with Crippen molar-refractivity contribution < 1.29 is 5.11 Å². The summed E-state index contributed by atoms with van der Waals surface area (Å²) >= 11 is 0. The van der Waals surface area contributed by atoms with Crippen LogP contribution in [0.2, 0.25) is 0 Å². The Kier molecular flexibility index (Phi) is 7.98. The molecule has 1 saturated heterocycles. The normalized spacial score (nSPS) is 21.0. The summed E-state index contributed by atoms with van der Waals surface area (Å²) in [6, 6.07) is 6.61. The van der Waals surface area contributed by atoms with Crippen molar-refractivity contribution in [2.24, 2.45) is 5.92 Å². The maximum Gasteiger partial charge on any atom is 0.120 e. The van der Waals surface area contributed by atoms with E-state index in [9.17, 15) is 5.11 Å². The van der Waals surface area contributed by atoms with E-state index < -0.39 is 0 Å². The topological polar surface area (TPSA) is 35.5 Å². The number of phenols is 1. The van der Waals surface area contributed by atoms with E-state index in [1.807, 2.05) is 13.0 Å². The first-order chi connectivity index (χ1) is 9.75. The molecule has 5 heteroatoms. The molecular formula is C17H28Cl2N2O. The van der Waals surface area contributed by atoms with E-state index in [4.69, 9.17) is 0 Å². The molecule has 22 heavy (non-hydrogen) atoms. The largest absolute Gasteiger partial charge is 0.508 e. The number of phenolic OH excluding ortho intramolecular Hbond substituents is 1. The number of aryl methyl sites for hydroxylation is 1. The molecule has 3 rings (SSSR count). The molecule has 0 bridgehead atoms. The second-order valence-electron chi connectivity index (χ2n) is 6.34. The predicted octanol–water partition coefficient (Wildman–Crippen LogP) is 3.68. The molecule has 0 amide bonds. The molecule has 3 nitrogen and oxygen atoms in total. The Morgan fingerprint density at radius 1 is 1.14 bits per heavy atom. The Morgan fingerprint density at radius 2 is 1.77 bits per heavy atom. The molecule has 126 valence electrons. The van der Waals surface area contributed by atoms with Crippen LogP contribution in [0.5, 0.6) is 5.75 Å². The molecule has 1 aliphatic carbocycles. The number of benzene rings is 1. The van der Waals surface area contributed by atoms with Gasteiger partial charge in [0.15, 0.2) is 0 Å². The van der Waals surface area contributed by atoms with Crippen LogP contribution in [-0.2, 0) is 0 Å². The van der Waals surface area contributed by atoms with Crippen molar-refractivity contribution in [3.05, 3.63) is 29.3 Å². The van der Waals surface area contributed by atoms with E-state index in [0.29, 0.717) is 17.7 Å². The molecule has 1 aromatic rings. The first-order valence-electron chi connectivity index (χ1n) is 8.00. The minimum atomic E-state index is 0. The highest BCUT2D eigenvalue weighted by Gasteiger charge is 2.33. The highest BCUT2D eigenvalue weighted by atomic mass is 35.5. The van der Waals surface area contributed by atoms with Gasteiger partial charge in [-0.3, -0.25) is 4.90 Å². The Balaban J connectivity index is 0.00000121. The SMILES string of the molecule is Cc1ccc([C@@H](C2CCCC2)N2CCNCC2)c(O)c1.Cl.Cl. The van der Waals surface area contributed by atoms with Gasteiger partial charge in [0.2, 0.25) is 0 Å². The minimum Gasteiger partial charge on any atom is -0.508 e. The second kappa shape index (κ2) is 8.97. The van der Waals surface area contributed by atoms with E-state index >= 15 is 0 Å². The lowest BCUT2D eigenvalue weighted by Crippen LogP contribution is -2.46. The standard InChI is InChI=1S/C17H26N2O.2ClH/c1-13-6-7-15(16(20)12-13)17(14-4-2-3-5-14)19-10-8-18-9-11-19;;/h6-7,12,14,17-18,20H,2-5,8-11H2,1H3;2*1H/t17-;;/m1../s1. The molecule has 2 aliphatic rings. The maximum absolute atomic E-state index is 10.4. The predicted molar refractivity (Wildman–Crippen MR) is 96.5 cm³/mol. The molecule has 1 saturated carbocycles. The zero-order valence-electron chi connectivity index (χ0n) is 13.3. The smallest absolute Gasteiger partial charge is 0.120 e. The Morgan fingerprint density at radius 3 is 2.36 bits per heavy atom. The van der Waals surface area contributed by atoms with Crippen molar-refractivity contribution in [3.8, 4) is 5.75 Å². The Labute approximate surface area is 146 Å². The van der Waals surface area contributed by atoms with Crippen molar-refractivity contribution in [1.82, 2.24) is 10.2 Å². The van der Waals surface area contributed by atoms with Gasteiger partial charge in [0, 0.05) is 37.8 Å². The van der Waals surface area contributed by atoms with E-state index in [1.54, 1.807) is 0 Å². The molecule has 1 atom stereocenters. The number of rotatable bonds is 3. The second-order valence-corrected chi connectivity index (χ2v) is 6.34.